The first-order valence-electron chi connectivity index (χ1n) is 5.70. The van der Waals surface area contributed by atoms with Crippen LogP contribution in [0, 0.1) is 13.8 Å². The number of nitrogens with zero attached hydrogens (tertiary/aromatic N) is 1. The molecule has 0 saturated carbocycles. The maximum atomic E-state index is 12.3. The third-order valence-corrected chi connectivity index (χ3v) is 5.04. The molecule has 1 aromatic carbocycles. The zero-order valence-corrected chi connectivity index (χ0v) is 14.0. The van der Waals surface area contributed by atoms with Gasteiger partial charge >= 0.3 is 0 Å². The fourth-order valence-electron chi connectivity index (χ4n) is 1.80. The van der Waals surface area contributed by atoms with Crippen molar-refractivity contribution in [3.05, 3.63) is 51.2 Å². The predicted molar refractivity (Wildman–Crippen MR) is 83.7 cm³/mol. The molecule has 20 heavy (non-hydrogen) atoms. The van der Waals surface area contributed by atoms with E-state index in [4.69, 9.17) is 11.6 Å². The molecular formula is C13H12BrClN2O2S. The molecule has 1 aromatic heterocycles. The number of hydrogen-bond donors (Lipinski definition) is 1. The predicted octanol–water partition coefficient (Wildman–Crippen LogP) is 3.92. The van der Waals surface area contributed by atoms with Crippen LogP contribution in [-0.4, -0.2) is 13.4 Å². The SMILES string of the molecule is Cc1cc(C)cc(NS(=O)(=O)c2cnc(Cl)c(Br)c2)c1. The van der Waals surface area contributed by atoms with Gasteiger partial charge in [-0.3, -0.25) is 4.72 Å². The van der Waals surface area contributed by atoms with E-state index in [1.54, 1.807) is 12.1 Å². The molecule has 0 aliphatic rings. The van der Waals surface area contributed by atoms with Gasteiger partial charge in [0.05, 0.1) is 4.47 Å². The first-order valence-corrected chi connectivity index (χ1v) is 8.35. The molecule has 0 spiro atoms. The van der Waals surface area contributed by atoms with Gasteiger partial charge in [0, 0.05) is 11.9 Å². The van der Waals surface area contributed by atoms with Crippen LogP contribution < -0.4 is 4.72 Å². The Bertz CT molecular complexity index is 743. The maximum absolute atomic E-state index is 12.3. The van der Waals surface area contributed by atoms with Crippen LogP contribution in [0.1, 0.15) is 11.1 Å². The fraction of sp³-hybridized carbons (Fsp3) is 0.154. The van der Waals surface area contributed by atoms with Gasteiger partial charge in [0.15, 0.2) is 0 Å². The van der Waals surface area contributed by atoms with E-state index in [1.165, 1.54) is 12.3 Å². The Morgan fingerprint density at radius 2 is 1.75 bits per heavy atom. The Kier molecular flexibility index (Phi) is 4.36. The number of benzene rings is 1. The van der Waals surface area contributed by atoms with Gasteiger partial charge in [0.1, 0.15) is 10.0 Å². The standard InChI is InChI=1S/C13H12BrClN2O2S/c1-8-3-9(2)5-10(4-8)17-20(18,19)11-6-12(14)13(15)16-7-11/h3-7,17H,1-2H3. The highest BCUT2D eigenvalue weighted by Gasteiger charge is 2.16. The number of rotatable bonds is 3. The highest BCUT2D eigenvalue weighted by molar-refractivity contribution is 9.10. The molecule has 0 atom stereocenters. The van der Waals surface area contributed by atoms with Gasteiger partial charge < -0.3 is 0 Å². The third kappa shape index (κ3) is 3.50. The molecule has 0 saturated heterocycles. The van der Waals surface area contributed by atoms with Crippen LogP contribution in [-0.2, 0) is 10.0 Å². The molecule has 0 radical (unpaired) electrons. The summed E-state index contributed by atoms with van der Waals surface area (Å²) in [7, 11) is -3.69. The summed E-state index contributed by atoms with van der Waals surface area (Å²) in [5, 5.41) is 0.218. The van der Waals surface area contributed by atoms with E-state index in [9.17, 15) is 8.42 Å². The Balaban J connectivity index is 2.37. The van der Waals surface area contributed by atoms with Crippen LogP contribution in [0.2, 0.25) is 5.15 Å². The Hall–Kier alpha value is -1.11. The number of sulfonamides is 1. The van der Waals surface area contributed by atoms with Gasteiger partial charge in [-0.1, -0.05) is 17.7 Å². The zero-order chi connectivity index (χ0) is 14.9. The van der Waals surface area contributed by atoms with Gasteiger partial charge in [-0.15, -0.1) is 0 Å². The van der Waals surface area contributed by atoms with Gasteiger partial charge in [-0.25, -0.2) is 13.4 Å². The number of aromatic nitrogens is 1. The average molecular weight is 376 g/mol. The minimum Gasteiger partial charge on any atom is -0.280 e. The van der Waals surface area contributed by atoms with Gasteiger partial charge in [-0.05, 0) is 59.1 Å². The van der Waals surface area contributed by atoms with Crippen molar-refractivity contribution in [2.75, 3.05) is 4.72 Å². The number of pyridine rings is 1. The lowest BCUT2D eigenvalue weighted by Gasteiger charge is -2.10. The molecule has 7 heteroatoms. The Morgan fingerprint density at radius 1 is 1.15 bits per heavy atom. The van der Waals surface area contributed by atoms with Crippen molar-refractivity contribution in [1.82, 2.24) is 4.98 Å². The van der Waals surface area contributed by atoms with E-state index in [0.717, 1.165) is 11.1 Å². The summed E-state index contributed by atoms with van der Waals surface area (Å²) in [4.78, 5) is 3.87. The molecule has 106 valence electrons. The number of hydrogen-bond acceptors (Lipinski definition) is 3. The first-order chi connectivity index (χ1) is 9.28. The molecule has 2 rings (SSSR count). The molecule has 0 aliphatic carbocycles. The van der Waals surface area contributed by atoms with Crippen LogP contribution in [0.15, 0.2) is 39.8 Å². The molecule has 0 unspecified atom stereocenters. The summed E-state index contributed by atoms with van der Waals surface area (Å²) < 4.78 is 27.5. The lowest BCUT2D eigenvalue weighted by Crippen LogP contribution is -2.13. The lowest BCUT2D eigenvalue weighted by molar-refractivity contribution is 0.600. The summed E-state index contributed by atoms with van der Waals surface area (Å²) in [6, 6.07) is 6.92. The summed E-state index contributed by atoms with van der Waals surface area (Å²) in [6.07, 6.45) is 1.22. The van der Waals surface area contributed by atoms with E-state index in [2.05, 4.69) is 25.6 Å². The summed E-state index contributed by atoms with van der Waals surface area (Å²) in [5.74, 6) is 0. The second-order valence-corrected chi connectivity index (χ2v) is 7.32. The highest BCUT2D eigenvalue weighted by atomic mass is 79.9. The average Bonchev–Trinajstić information content (AvgIpc) is 2.30. The van der Waals surface area contributed by atoms with Crippen LogP contribution in [0.4, 0.5) is 5.69 Å². The summed E-state index contributed by atoms with van der Waals surface area (Å²) in [5.41, 5.74) is 2.49. The van der Waals surface area contributed by atoms with E-state index >= 15 is 0 Å². The summed E-state index contributed by atoms with van der Waals surface area (Å²) in [6.45, 7) is 3.82. The Labute approximate surface area is 131 Å². The van der Waals surface area contributed by atoms with E-state index in [-0.39, 0.29) is 10.0 Å². The van der Waals surface area contributed by atoms with E-state index in [1.807, 2.05) is 19.9 Å². The second kappa shape index (κ2) is 5.71. The molecule has 1 heterocycles. The molecule has 0 bridgehead atoms. The maximum Gasteiger partial charge on any atom is 0.263 e. The quantitative estimate of drug-likeness (QED) is 0.827. The monoisotopic (exact) mass is 374 g/mol. The van der Waals surface area contributed by atoms with Crippen molar-refractivity contribution in [3.8, 4) is 0 Å². The van der Waals surface area contributed by atoms with Crippen molar-refractivity contribution < 1.29 is 8.42 Å². The zero-order valence-electron chi connectivity index (χ0n) is 10.8. The van der Waals surface area contributed by atoms with Crippen LogP contribution in [0.3, 0.4) is 0 Å². The lowest BCUT2D eigenvalue weighted by atomic mass is 10.1. The van der Waals surface area contributed by atoms with Gasteiger partial charge in [0.2, 0.25) is 0 Å². The van der Waals surface area contributed by atoms with Crippen LogP contribution in [0.5, 0.6) is 0 Å². The number of nitrogens with one attached hydrogen (secondary N) is 1. The normalized spacial score (nSPS) is 11.4. The first kappa shape index (κ1) is 15.3. The van der Waals surface area contributed by atoms with Crippen LogP contribution in [0.25, 0.3) is 0 Å². The highest BCUT2D eigenvalue weighted by Crippen LogP contribution is 2.24. The molecule has 0 aliphatic heterocycles. The Morgan fingerprint density at radius 3 is 2.30 bits per heavy atom. The number of halogens is 2. The third-order valence-electron chi connectivity index (χ3n) is 2.56. The molecule has 0 amide bonds. The van der Waals surface area contributed by atoms with Crippen molar-refractivity contribution in [3.63, 3.8) is 0 Å². The smallest absolute Gasteiger partial charge is 0.263 e. The fourth-order valence-corrected chi connectivity index (χ4v) is 3.41. The topological polar surface area (TPSA) is 59.1 Å². The summed E-state index contributed by atoms with van der Waals surface area (Å²) >= 11 is 8.92. The van der Waals surface area contributed by atoms with E-state index < -0.39 is 10.0 Å². The molecule has 1 N–H and O–H groups in total. The minimum atomic E-state index is -3.69. The van der Waals surface area contributed by atoms with E-state index in [0.29, 0.717) is 10.2 Å². The van der Waals surface area contributed by atoms with Gasteiger partial charge in [0.25, 0.3) is 10.0 Å². The van der Waals surface area contributed by atoms with Crippen molar-refractivity contribution in [2.24, 2.45) is 0 Å². The minimum absolute atomic E-state index is 0.0490. The molecule has 4 nitrogen and oxygen atoms in total. The largest absolute Gasteiger partial charge is 0.280 e. The van der Waals surface area contributed by atoms with Crippen molar-refractivity contribution in [1.29, 1.82) is 0 Å². The van der Waals surface area contributed by atoms with Gasteiger partial charge in [-0.2, -0.15) is 0 Å². The van der Waals surface area contributed by atoms with Crippen molar-refractivity contribution in [2.45, 2.75) is 18.7 Å². The van der Waals surface area contributed by atoms with Crippen molar-refractivity contribution >= 4 is 43.2 Å². The number of aryl methyl sites for hydroxylation is 2. The van der Waals surface area contributed by atoms with Crippen LogP contribution >= 0.6 is 27.5 Å². The molecule has 2 aromatic rings. The second-order valence-electron chi connectivity index (χ2n) is 4.43. The molecular weight excluding hydrogens is 364 g/mol. The number of anilines is 1. The molecule has 0 fully saturated rings.